The highest BCUT2D eigenvalue weighted by Crippen LogP contribution is 2.15. The molecule has 0 spiro atoms. The maximum atomic E-state index is 4.55. The average molecular weight is 173 g/mol. The van der Waals surface area contributed by atoms with E-state index in [4.69, 9.17) is 0 Å². The fraction of sp³-hybridized carbons (Fsp3) is 0.100. The van der Waals surface area contributed by atoms with Gasteiger partial charge in [-0.1, -0.05) is 18.2 Å². The Morgan fingerprint density at radius 2 is 2.42 bits per heavy atom. The van der Waals surface area contributed by atoms with Gasteiger partial charge >= 0.3 is 0 Å². The van der Waals surface area contributed by atoms with Crippen molar-refractivity contribution in [2.75, 3.05) is 5.75 Å². The first kappa shape index (κ1) is 6.49. The third-order valence-corrected chi connectivity index (χ3v) is 3.06. The van der Waals surface area contributed by atoms with E-state index in [-0.39, 0.29) is 0 Å². The second-order valence-electron chi connectivity index (χ2n) is 2.90. The zero-order valence-electron chi connectivity index (χ0n) is 6.45. The number of rotatable bonds is 0. The summed E-state index contributed by atoms with van der Waals surface area (Å²) in [5.74, 6) is 1.08. The predicted octanol–water partition coefficient (Wildman–Crippen LogP) is 0.775. The summed E-state index contributed by atoms with van der Waals surface area (Å²) >= 11 is 1.82. The van der Waals surface area contributed by atoms with Gasteiger partial charge in [0.05, 0.1) is 5.35 Å². The zero-order chi connectivity index (χ0) is 7.97. The van der Waals surface area contributed by atoms with Gasteiger partial charge in [-0.25, -0.2) is 4.98 Å². The minimum Gasteiger partial charge on any atom is -0.241 e. The van der Waals surface area contributed by atoms with Crippen LogP contribution in [0, 0.1) is 0 Å². The molecule has 2 heteroatoms. The zero-order valence-corrected chi connectivity index (χ0v) is 7.27. The van der Waals surface area contributed by atoms with Gasteiger partial charge in [0.1, 0.15) is 5.03 Å². The molecule has 0 saturated carbocycles. The first-order valence-corrected chi connectivity index (χ1v) is 4.94. The first-order valence-electron chi connectivity index (χ1n) is 3.96. The minimum absolute atomic E-state index is 1.08. The van der Waals surface area contributed by atoms with Crippen LogP contribution in [0.4, 0.5) is 0 Å². The summed E-state index contributed by atoms with van der Waals surface area (Å²) in [6.45, 7) is 0. The molecule has 1 aromatic heterocycles. The van der Waals surface area contributed by atoms with E-state index in [0.717, 1.165) is 11.1 Å². The topological polar surface area (TPSA) is 12.9 Å². The van der Waals surface area contributed by atoms with E-state index in [0.29, 0.717) is 0 Å². The highest BCUT2D eigenvalue weighted by molar-refractivity contribution is 7.99. The Labute approximate surface area is 74.5 Å². The number of aromatic nitrogens is 1. The van der Waals surface area contributed by atoms with Gasteiger partial charge in [0.2, 0.25) is 0 Å². The Hall–Kier alpha value is -1.02. The lowest BCUT2D eigenvalue weighted by molar-refractivity contribution is 1.07. The van der Waals surface area contributed by atoms with Gasteiger partial charge in [0.25, 0.3) is 0 Å². The molecule has 1 aliphatic carbocycles. The summed E-state index contributed by atoms with van der Waals surface area (Å²) in [5.41, 5.74) is 1.26. The van der Waals surface area contributed by atoms with Crippen molar-refractivity contribution < 1.29 is 0 Å². The molecule has 2 heterocycles. The molecule has 0 unspecified atom stereocenters. The van der Waals surface area contributed by atoms with Gasteiger partial charge in [-0.2, -0.15) is 0 Å². The highest BCUT2D eigenvalue weighted by atomic mass is 32.2. The Morgan fingerprint density at radius 3 is 3.42 bits per heavy atom. The van der Waals surface area contributed by atoms with Crippen molar-refractivity contribution in [3.63, 3.8) is 0 Å². The van der Waals surface area contributed by atoms with Crippen LogP contribution < -0.4 is 10.6 Å². The molecule has 1 aromatic rings. The number of hydrogen-bond donors (Lipinski definition) is 0. The maximum absolute atomic E-state index is 4.55. The van der Waals surface area contributed by atoms with Crippen molar-refractivity contribution in [3.8, 4) is 0 Å². The summed E-state index contributed by atoms with van der Waals surface area (Å²) in [7, 11) is 0. The van der Waals surface area contributed by atoms with Crippen LogP contribution in [0.5, 0.6) is 0 Å². The Balaban J connectivity index is 2.45. The van der Waals surface area contributed by atoms with E-state index in [1.54, 1.807) is 0 Å². The number of allylic oxidation sites excluding steroid dienone is 1. The number of thioether (sulfide) groups is 1. The molecule has 0 fully saturated rings. The van der Waals surface area contributed by atoms with E-state index >= 15 is 0 Å². The van der Waals surface area contributed by atoms with Gasteiger partial charge in [-0.3, -0.25) is 0 Å². The smallest absolute Gasteiger partial charge is 0.104 e. The standard InChI is InChI=1S/C10H7NS/c1-2-7-6-8-4-5-12-10(8)11-9(7)3-1/h1-4,6H,5H2. The van der Waals surface area contributed by atoms with E-state index in [1.807, 2.05) is 11.8 Å². The number of fused-ring (bicyclic) bond motifs is 2. The quantitative estimate of drug-likeness (QED) is 0.575. The van der Waals surface area contributed by atoms with E-state index < -0.39 is 0 Å². The van der Waals surface area contributed by atoms with Gasteiger partial charge in [-0.05, 0) is 12.1 Å². The fourth-order valence-corrected chi connectivity index (χ4v) is 2.42. The van der Waals surface area contributed by atoms with Crippen LogP contribution in [-0.4, -0.2) is 10.7 Å². The molecule has 1 aliphatic heterocycles. The van der Waals surface area contributed by atoms with E-state index in [1.165, 1.54) is 15.8 Å². The predicted molar refractivity (Wildman–Crippen MR) is 52.2 cm³/mol. The number of pyridine rings is 1. The molecule has 0 N–H and O–H groups in total. The van der Waals surface area contributed by atoms with Crippen molar-refractivity contribution in [1.82, 2.24) is 4.98 Å². The Bertz CT molecular complexity index is 485. The third kappa shape index (κ3) is 0.786. The van der Waals surface area contributed by atoms with Crippen LogP contribution in [0.15, 0.2) is 17.2 Å². The molecule has 0 atom stereocenters. The monoisotopic (exact) mass is 173 g/mol. The molecule has 0 radical (unpaired) electrons. The third-order valence-electron chi connectivity index (χ3n) is 2.13. The Kier molecular flexibility index (Phi) is 1.21. The van der Waals surface area contributed by atoms with Crippen molar-refractivity contribution in [2.24, 2.45) is 0 Å². The summed E-state index contributed by atoms with van der Waals surface area (Å²) in [5, 5.41) is 3.61. The van der Waals surface area contributed by atoms with Crippen LogP contribution in [-0.2, 0) is 0 Å². The second-order valence-corrected chi connectivity index (χ2v) is 3.91. The van der Waals surface area contributed by atoms with E-state index in [2.05, 4.69) is 35.4 Å². The van der Waals surface area contributed by atoms with Crippen LogP contribution >= 0.6 is 11.8 Å². The normalized spacial score (nSPS) is 16.7. The van der Waals surface area contributed by atoms with Crippen LogP contribution in [0.25, 0.3) is 18.2 Å². The minimum atomic E-state index is 1.08. The SMILES string of the molecule is C1=Cc2cc3c(nc2=C1)SCC=3. The van der Waals surface area contributed by atoms with Crippen LogP contribution in [0.2, 0.25) is 0 Å². The van der Waals surface area contributed by atoms with Crippen molar-refractivity contribution in [1.29, 1.82) is 0 Å². The molecule has 0 amide bonds. The summed E-state index contributed by atoms with van der Waals surface area (Å²) in [6, 6.07) is 2.22. The van der Waals surface area contributed by atoms with Gasteiger partial charge in [-0.15, -0.1) is 11.8 Å². The van der Waals surface area contributed by atoms with Gasteiger partial charge < -0.3 is 0 Å². The largest absolute Gasteiger partial charge is 0.241 e. The molecule has 58 valence electrons. The lowest BCUT2D eigenvalue weighted by atomic mass is 10.2. The molecular weight excluding hydrogens is 166 g/mol. The van der Waals surface area contributed by atoms with E-state index in [9.17, 15) is 0 Å². The highest BCUT2D eigenvalue weighted by Gasteiger charge is 2.07. The molecule has 2 aliphatic rings. The molecule has 0 saturated heterocycles. The molecular formula is C10H7NS. The van der Waals surface area contributed by atoms with Crippen molar-refractivity contribution in [3.05, 3.63) is 28.3 Å². The fourth-order valence-electron chi connectivity index (χ4n) is 1.52. The Morgan fingerprint density at radius 1 is 1.42 bits per heavy atom. The number of nitrogens with zero attached hydrogens (tertiary/aromatic N) is 1. The average Bonchev–Trinajstić information content (AvgIpc) is 2.64. The lowest BCUT2D eigenvalue weighted by Gasteiger charge is -1.94. The summed E-state index contributed by atoms with van der Waals surface area (Å²) < 4.78 is 0. The molecule has 12 heavy (non-hydrogen) atoms. The van der Waals surface area contributed by atoms with Crippen molar-refractivity contribution in [2.45, 2.75) is 5.03 Å². The maximum Gasteiger partial charge on any atom is 0.104 e. The summed E-state index contributed by atoms with van der Waals surface area (Å²) in [4.78, 5) is 4.55. The second kappa shape index (κ2) is 2.23. The molecule has 3 rings (SSSR count). The van der Waals surface area contributed by atoms with Gasteiger partial charge in [0.15, 0.2) is 0 Å². The van der Waals surface area contributed by atoms with Crippen LogP contribution in [0.1, 0.15) is 5.56 Å². The van der Waals surface area contributed by atoms with Crippen molar-refractivity contribution >= 4 is 30.0 Å². The first-order chi connectivity index (χ1) is 5.93. The van der Waals surface area contributed by atoms with Gasteiger partial charge in [0, 0.05) is 16.5 Å². The number of hydrogen-bond acceptors (Lipinski definition) is 2. The van der Waals surface area contributed by atoms with Crippen LogP contribution in [0.3, 0.4) is 0 Å². The molecule has 0 aromatic carbocycles. The molecule has 0 bridgehead atoms. The molecule has 1 nitrogen and oxygen atoms in total. The summed E-state index contributed by atoms with van der Waals surface area (Å²) in [6.07, 6.45) is 8.46. The lowest BCUT2D eigenvalue weighted by Crippen LogP contribution is -2.16.